The van der Waals surface area contributed by atoms with Crippen LogP contribution < -0.4 is 4.74 Å². The van der Waals surface area contributed by atoms with E-state index < -0.39 is 10.0 Å². The Hall–Kier alpha value is -2.03. The zero-order chi connectivity index (χ0) is 18.4. The third-order valence-corrected chi connectivity index (χ3v) is 7.74. The van der Waals surface area contributed by atoms with Crippen molar-refractivity contribution < 1.29 is 13.2 Å². The molecule has 0 amide bonds. The highest BCUT2D eigenvalue weighted by Crippen LogP contribution is 2.38. The van der Waals surface area contributed by atoms with E-state index in [-0.39, 0.29) is 29.5 Å². The molecule has 5 rings (SSSR count). The Labute approximate surface area is 159 Å². The zero-order valence-electron chi connectivity index (χ0n) is 14.9. The lowest BCUT2D eigenvalue weighted by Crippen LogP contribution is -2.46. The summed E-state index contributed by atoms with van der Waals surface area (Å²) in [6.45, 7) is 1.66. The molecule has 1 saturated heterocycles. The number of pyridine rings is 2. The molecule has 0 bridgehead atoms. The summed E-state index contributed by atoms with van der Waals surface area (Å²) in [5.74, 6) is 0.214. The monoisotopic (exact) mass is 386 g/mol. The molecule has 0 N–H and O–H groups in total. The van der Waals surface area contributed by atoms with Crippen molar-refractivity contribution in [2.75, 3.05) is 13.1 Å². The molecule has 142 valence electrons. The smallest absolute Gasteiger partial charge is 0.249 e. The number of likely N-dealkylation sites (tertiary alicyclic amines) is 1. The first kappa shape index (κ1) is 17.1. The highest BCUT2D eigenvalue weighted by molar-refractivity contribution is 7.89. The molecule has 0 radical (unpaired) electrons. The van der Waals surface area contributed by atoms with Crippen molar-refractivity contribution in [2.24, 2.45) is 0 Å². The predicted molar refractivity (Wildman–Crippen MR) is 98.6 cm³/mol. The van der Waals surface area contributed by atoms with Gasteiger partial charge in [-0.2, -0.15) is 4.31 Å². The molecule has 1 saturated carbocycles. The summed E-state index contributed by atoms with van der Waals surface area (Å²) >= 11 is 0. The molecule has 2 aliphatic heterocycles. The molecule has 2 fully saturated rings. The molecule has 27 heavy (non-hydrogen) atoms. The molecule has 1 aliphatic carbocycles. The van der Waals surface area contributed by atoms with Crippen molar-refractivity contribution >= 4 is 10.0 Å². The third-order valence-electron chi connectivity index (χ3n) is 5.86. The Morgan fingerprint density at radius 2 is 1.93 bits per heavy atom. The highest BCUT2D eigenvalue weighted by atomic mass is 32.2. The van der Waals surface area contributed by atoms with Crippen LogP contribution >= 0.6 is 0 Å². The van der Waals surface area contributed by atoms with Crippen LogP contribution in [0.5, 0.6) is 5.88 Å². The number of aromatic nitrogens is 2. The fraction of sp³-hybridized carbons (Fsp3) is 0.474. The number of hydrogen-bond donors (Lipinski definition) is 0. The molecule has 4 heterocycles. The van der Waals surface area contributed by atoms with Gasteiger partial charge < -0.3 is 4.74 Å². The van der Waals surface area contributed by atoms with Gasteiger partial charge in [-0.3, -0.25) is 9.88 Å². The number of hydrogen-bond acceptors (Lipinski definition) is 6. The second-order valence-corrected chi connectivity index (χ2v) is 9.30. The van der Waals surface area contributed by atoms with Crippen LogP contribution in [0.4, 0.5) is 0 Å². The molecular weight excluding hydrogens is 364 g/mol. The van der Waals surface area contributed by atoms with E-state index >= 15 is 0 Å². The Balaban J connectivity index is 1.56. The maximum absolute atomic E-state index is 13.5. The summed E-state index contributed by atoms with van der Waals surface area (Å²) in [4.78, 5) is 11.1. The van der Waals surface area contributed by atoms with Gasteiger partial charge in [0.1, 0.15) is 11.0 Å². The Bertz CT molecular complexity index is 933. The number of nitrogens with zero attached hydrogens (tertiary/aromatic N) is 4. The van der Waals surface area contributed by atoms with E-state index in [9.17, 15) is 8.42 Å². The van der Waals surface area contributed by atoms with Gasteiger partial charge in [-0.1, -0.05) is 12.5 Å². The lowest BCUT2D eigenvalue weighted by Gasteiger charge is -2.35. The number of rotatable bonds is 3. The summed E-state index contributed by atoms with van der Waals surface area (Å²) in [5.41, 5.74) is 0.731. The first-order valence-corrected chi connectivity index (χ1v) is 10.8. The molecule has 0 aromatic carbocycles. The zero-order valence-corrected chi connectivity index (χ0v) is 15.8. The van der Waals surface area contributed by atoms with Gasteiger partial charge >= 0.3 is 0 Å². The van der Waals surface area contributed by atoms with E-state index in [1.54, 1.807) is 28.8 Å². The van der Waals surface area contributed by atoms with Crippen molar-refractivity contribution in [1.29, 1.82) is 0 Å². The highest BCUT2D eigenvalue weighted by Gasteiger charge is 2.49. The van der Waals surface area contributed by atoms with Gasteiger partial charge in [0, 0.05) is 31.5 Å². The van der Waals surface area contributed by atoms with Crippen LogP contribution in [0.3, 0.4) is 0 Å². The van der Waals surface area contributed by atoms with Crippen LogP contribution in [0.1, 0.15) is 25.0 Å². The molecule has 2 atom stereocenters. The maximum atomic E-state index is 13.5. The first-order valence-electron chi connectivity index (χ1n) is 9.40. The van der Waals surface area contributed by atoms with Crippen LogP contribution in [-0.4, -0.2) is 58.9 Å². The largest absolute Gasteiger partial charge is 0.470 e. The second kappa shape index (κ2) is 6.54. The van der Waals surface area contributed by atoms with Crippen LogP contribution in [-0.2, 0) is 16.6 Å². The van der Waals surface area contributed by atoms with Gasteiger partial charge in [0.05, 0.1) is 18.3 Å². The van der Waals surface area contributed by atoms with Crippen molar-refractivity contribution in [3.05, 3.63) is 48.4 Å². The van der Waals surface area contributed by atoms with E-state index in [1.165, 1.54) is 19.3 Å². The summed E-state index contributed by atoms with van der Waals surface area (Å²) in [5, 5.41) is 0. The lowest BCUT2D eigenvalue weighted by atomic mass is 9.92. The number of fused-ring (bicyclic) bond motifs is 2. The van der Waals surface area contributed by atoms with Gasteiger partial charge in [-0.15, -0.1) is 0 Å². The SMILES string of the molecule is O=S1(=O)c2cccnc2O[C@@H]2CN(C3CCC3)C[C@@H]2N1Cc1ccccn1. The molecular formula is C19H22N4O3S. The van der Waals surface area contributed by atoms with E-state index in [0.717, 1.165) is 12.2 Å². The maximum Gasteiger partial charge on any atom is 0.249 e. The fourth-order valence-corrected chi connectivity index (χ4v) is 5.88. The topological polar surface area (TPSA) is 75.6 Å². The molecule has 8 heteroatoms. The van der Waals surface area contributed by atoms with Crippen LogP contribution in [0.25, 0.3) is 0 Å². The number of ether oxygens (including phenoxy) is 1. The normalized spacial score (nSPS) is 27.9. The lowest BCUT2D eigenvalue weighted by molar-refractivity contribution is 0.126. The quantitative estimate of drug-likeness (QED) is 0.799. The van der Waals surface area contributed by atoms with Crippen molar-refractivity contribution in [2.45, 2.75) is 48.9 Å². The van der Waals surface area contributed by atoms with Crippen molar-refractivity contribution in [3.8, 4) is 5.88 Å². The van der Waals surface area contributed by atoms with Gasteiger partial charge in [-0.25, -0.2) is 13.4 Å². The molecule has 3 aliphatic rings. The minimum atomic E-state index is -3.73. The Morgan fingerprint density at radius 1 is 1.07 bits per heavy atom. The third kappa shape index (κ3) is 2.92. The van der Waals surface area contributed by atoms with E-state index in [0.29, 0.717) is 12.6 Å². The van der Waals surface area contributed by atoms with Gasteiger partial charge in [0.15, 0.2) is 0 Å². The van der Waals surface area contributed by atoms with Crippen LogP contribution in [0.2, 0.25) is 0 Å². The molecule has 2 aromatic heterocycles. The van der Waals surface area contributed by atoms with Gasteiger partial charge in [0.25, 0.3) is 0 Å². The first-order chi connectivity index (χ1) is 13.1. The minimum Gasteiger partial charge on any atom is -0.470 e. The summed E-state index contributed by atoms with van der Waals surface area (Å²) in [7, 11) is -3.73. The molecule has 0 unspecified atom stereocenters. The van der Waals surface area contributed by atoms with E-state index in [4.69, 9.17) is 4.74 Å². The van der Waals surface area contributed by atoms with E-state index in [2.05, 4.69) is 14.9 Å². The molecule has 2 aromatic rings. The fourth-order valence-electron chi connectivity index (χ4n) is 4.19. The minimum absolute atomic E-state index is 0.144. The second-order valence-electron chi connectivity index (χ2n) is 7.44. The summed E-state index contributed by atoms with van der Waals surface area (Å²) in [6.07, 6.45) is 6.66. The average Bonchev–Trinajstić information content (AvgIpc) is 2.98. The summed E-state index contributed by atoms with van der Waals surface area (Å²) in [6, 6.07) is 9.09. The van der Waals surface area contributed by atoms with Crippen LogP contribution in [0, 0.1) is 0 Å². The van der Waals surface area contributed by atoms with Crippen molar-refractivity contribution in [1.82, 2.24) is 19.2 Å². The van der Waals surface area contributed by atoms with E-state index in [1.807, 2.05) is 18.2 Å². The Kier molecular flexibility index (Phi) is 4.14. The van der Waals surface area contributed by atoms with Gasteiger partial charge in [0.2, 0.25) is 15.9 Å². The number of sulfonamides is 1. The summed E-state index contributed by atoms with van der Waals surface area (Å²) < 4.78 is 34.7. The van der Waals surface area contributed by atoms with Crippen LogP contribution in [0.15, 0.2) is 47.6 Å². The Morgan fingerprint density at radius 3 is 2.67 bits per heavy atom. The van der Waals surface area contributed by atoms with Crippen molar-refractivity contribution in [3.63, 3.8) is 0 Å². The molecule has 0 spiro atoms. The van der Waals surface area contributed by atoms with Gasteiger partial charge in [-0.05, 0) is 37.1 Å². The average molecular weight is 386 g/mol. The predicted octanol–water partition coefficient (Wildman–Crippen LogP) is 1.67. The molecule has 7 nitrogen and oxygen atoms in total. The standard InChI is InChI=1S/C19H22N4O3S/c24-27(25)18-8-4-10-21-19(18)26-17-13-22(15-6-3-7-15)12-16(17)23(27)11-14-5-1-2-9-20-14/h1-2,4-5,8-10,15-17H,3,6-7,11-13H2/t16-,17+/m0/s1.